The summed E-state index contributed by atoms with van der Waals surface area (Å²) in [6.45, 7) is 2.72. The van der Waals surface area contributed by atoms with Gasteiger partial charge in [0.2, 0.25) is 11.8 Å². The number of benzene rings is 2. The van der Waals surface area contributed by atoms with Gasteiger partial charge in [-0.3, -0.25) is 9.59 Å². The smallest absolute Gasteiger partial charge is 0.229 e. The van der Waals surface area contributed by atoms with E-state index in [-0.39, 0.29) is 24.6 Å². The molecule has 1 saturated heterocycles. The SMILES string of the molecule is Cc1ccc(CN2CC(C(=O)Nc3cc(F)cc(F)c3)CC2=O)cc1. The van der Waals surface area contributed by atoms with Crippen LogP contribution < -0.4 is 5.32 Å². The molecule has 1 atom stereocenters. The number of carbonyl (C=O) groups is 2. The fourth-order valence-corrected chi connectivity index (χ4v) is 2.88. The van der Waals surface area contributed by atoms with Gasteiger partial charge < -0.3 is 10.2 Å². The fraction of sp³-hybridized carbons (Fsp3) is 0.263. The predicted octanol–water partition coefficient (Wildman–Crippen LogP) is 3.26. The summed E-state index contributed by atoms with van der Waals surface area (Å²) in [5, 5.41) is 2.48. The summed E-state index contributed by atoms with van der Waals surface area (Å²) in [7, 11) is 0. The minimum atomic E-state index is -0.765. The van der Waals surface area contributed by atoms with Crippen molar-refractivity contribution < 1.29 is 18.4 Å². The van der Waals surface area contributed by atoms with Crippen LogP contribution in [0.1, 0.15) is 17.5 Å². The summed E-state index contributed by atoms with van der Waals surface area (Å²) >= 11 is 0. The van der Waals surface area contributed by atoms with E-state index in [1.165, 1.54) is 0 Å². The number of hydrogen-bond acceptors (Lipinski definition) is 2. The number of aryl methyl sites for hydroxylation is 1. The zero-order valence-corrected chi connectivity index (χ0v) is 13.8. The van der Waals surface area contributed by atoms with Crippen molar-refractivity contribution in [2.45, 2.75) is 19.9 Å². The zero-order chi connectivity index (χ0) is 18.0. The average Bonchev–Trinajstić information content (AvgIpc) is 2.90. The quantitative estimate of drug-likeness (QED) is 0.925. The second kappa shape index (κ2) is 7.01. The maximum atomic E-state index is 13.2. The molecule has 1 aliphatic heterocycles. The highest BCUT2D eigenvalue weighted by atomic mass is 19.1. The van der Waals surface area contributed by atoms with Crippen molar-refractivity contribution in [2.75, 3.05) is 11.9 Å². The molecule has 0 radical (unpaired) electrons. The number of halogens is 2. The highest BCUT2D eigenvalue weighted by Crippen LogP contribution is 2.22. The molecule has 2 aromatic carbocycles. The molecule has 0 bridgehead atoms. The molecule has 130 valence electrons. The zero-order valence-electron chi connectivity index (χ0n) is 13.8. The monoisotopic (exact) mass is 344 g/mol. The van der Waals surface area contributed by atoms with E-state index < -0.39 is 23.5 Å². The van der Waals surface area contributed by atoms with Crippen LogP contribution in [0.2, 0.25) is 0 Å². The second-order valence-corrected chi connectivity index (χ2v) is 6.31. The fourth-order valence-electron chi connectivity index (χ4n) is 2.88. The number of carbonyl (C=O) groups excluding carboxylic acids is 2. The van der Waals surface area contributed by atoms with Crippen molar-refractivity contribution in [1.82, 2.24) is 4.90 Å². The number of likely N-dealkylation sites (tertiary alicyclic amines) is 1. The van der Waals surface area contributed by atoms with E-state index in [2.05, 4.69) is 5.32 Å². The van der Waals surface area contributed by atoms with Gasteiger partial charge in [-0.05, 0) is 24.6 Å². The maximum absolute atomic E-state index is 13.2. The molecule has 1 aliphatic rings. The molecular weight excluding hydrogens is 326 g/mol. The highest BCUT2D eigenvalue weighted by Gasteiger charge is 2.34. The van der Waals surface area contributed by atoms with Gasteiger partial charge >= 0.3 is 0 Å². The van der Waals surface area contributed by atoms with E-state index in [0.29, 0.717) is 6.54 Å². The molecule has 0 saturated carbocycles. The summed E-state index contributed by atoms with van der Waals surface area (Å²) in [5.41, 5.74) is 2.18. The van der Waals surface area contributed by atoms with Crippen LogP contribution in [0, 0.1) is 24.5 Å². The molecule has 1 N–H and O–H groups in total. The van der Waals surface area contributed by atoms with Crippen molar-refractivity contribution in [3.8, 4) is 0 Å². The molecule has 0 spiro atoms. The Kier molecular flexibility index (Phi) is 4.79. The van der Waals surface area contributed by atoms with Gasteiger partial charge in [0.05, 0.1) is 5.92 Å². The Morgan fingerprint density at radius 2 is 1.80 bits per heavy atom. The standard InChI is InChI=1S/C19H18F2N2O2/c1-12-2-4-13(5-3-12)10-23-11-14(6-18(23)24)19(25)22-17-8-15(20)7-16(21)9-17/h2-5,7-9,14H,6,10-11H2,1H3,(H,22,25). The molecule has 1 unspecified atom stereocenters. The van der Waals surface area contributed by atoms with E-state index >= 15 is 0 Å². The van der Waals surface area contributed by atoms with Gasteiger partial charge in [0.15, 0.2) is 0 Å². The van der Waals surface area contributed by atoms with Gasteiger partial charge in [-0.2, -0.15) is 0 Å². The van der Waals surface area contributed by atoms with Gasteiger partial charge in [0.25, 0.3) is 0 Å². The first-order valence-electron chi connectivity index (χ1n) is 8.01. The minimum Gasteiger partial charge on any atom is -0.338 e. The minimum absolute atomic E-state index is 0.0481. The summed E-state index contributed by atoms with van der Waals surface area (Å²) in [5.74, 6) is -2.59. The van der Waals surface area contributed by atoms with Crippen LogP contribution in [-0.4, -0.2) is 23.3 Å². The lowest BCUT2D eigenvalue weighted by molar-refractivity contribution is -0.128. The second-order valence-electron chi connectivity index (χ2n) is 6.31. The molecule has 2 aromatic rings. The normalized spacial score (nSPS) is 17.0. The lowest BCUT2D eigenvalue weighted by Gasteiger charge is -2.17. The average molecular weight is 344 g/mol. The number of anilines is 1. The van der Waals surface area contributed by atoms with E-state index in [0.717, 1.165) is 29.3 Å². The van der Waals surface area contributed by atoms with Crippen molar-refractivity contribution in [3.05, 3.63) is 65.2 Å². The lowest BCUT2D eigenvalue weighted by atomic mass is 10.1. The molecule has 25 heavy (non-hydrogen) atoms. The molecule has 1 fully saturated rings. The topological polar surface area (TPSA) is 49.4 Å². The number of rotatable bonds is 4. The van der Waals surface area contributed by atoms with Crippen LogP contribution in [0.25, 0.3) is 0 Å². The summed E-state index contributed by atoms with van der Waals surface area (Å²) < 4.78 is 26.4. The largest absolute Gasteiger partial charge is 0.338 e. The summed E-state index contributed by atoms with van der Waals surface area (Å²) in [4.78, 5) is 26.1. The van der Waals surface area contributed by atoms with Crippen LogP contribution in [-0.2, 0) is 16.1 Å². The van der Waals surface area contributed by atoms with Crippen molar-refractivity contribution in [2.24, 2.45) is 5.92 Å². The molecule has 0 aliphatic carbocycles. The van der Waals surface area contributed by atoms with E-state index in [9.17, 15) is 18.4 Å². The summed E-state index contributed by atoms with van der Waals surface area (Å²) in [6, 6.07) is 10.7. The van der Waals surface area contributed by atoms with Gasteiger partial charge in [0.1, 0.15) is 11.6 Å². The van der Waals surface area contributed by atoms with Crippen molar-refractivity contribution in [1.29, 1.82) is 0 Å². The first-order valence-corrected chi connectivity index (χ1v) is 8.01. The molecule has 3 rings (SSSR count). The Morgan fingerprint density at radius 3 is 2.44 bits per heavy atom. The van der Waals surface area contributed by atoms with E-state index in [4.69, 9.17) is 0 Å². The van der Waals surface area contributed by atoms with Crippen LogP contribution in [0.4, 0.5) is 14.5 Å². The number of nitrogens with one attached hydrogen (secondary N) is 1. The van der Waals surface area contributed by atoms with Crippen molar-refractivity contribution >= 4 is 17.5 Å². The molecule has 1 heterocycles. The number of amides is 2. The summed E-state index contributed by atoms with van der Waals surface area (Å²) in [6.07, 6.45) is 0.0928. The van der Waals surface area contributed by atoms with Crippen LogP contribution in [0.15, 0.2) is 42.5 Å². The maximum Gasteiger partial charge on any atom is 0.229 e. The first kappa shape index (κ1) is 17.1. The highest BCUT2D eigenvalue weighted by molar-refractivity contribution is 5.97. The molecule has 2 amide bonds. The lowest BCUT2D eigenvalue weighted by Crippen LogP contribution is -2.28. The van der Waals surface area contributed by atoms with Crippen LogP contribution >= 0.6 is 0 Å². The molecule has 6 heteroatoms. The number of hydrogen-bond donors (Lipinski definition) is 1. The molecule has 0 aromatic heterocycles. The van der Waals surface area contributed by atoms with Gasteiger partial charge in [-0.25, -0.2) is 8.78 Å². The predicted molar refractivity (Wildman–Crippen MR) is 89.7 cm³/mol. The number of nitrogens with zero attached hydrogens (tertiary/aromatic N) is 1. The molecular formula is C19H18F2N2O2. The van der Waals surface area contributed by atoms with Gasteiger partial charge in [-0.1, -0.05) is 29.8 Å². The van der Waals surface area contributed by atoms with Crippen molar-refractivity contribution in [3.63, 3.8) is 0 Å². The van der Waals surface area contributed by atoms with Crippen LogP contribution in [0.3, 0.4) is 0 Å². The first-order chi connectivity index (χ1) is 11.9. The van der Waals surface area contributed by atoms with Gasteiger partial charge in [-0.15, -0.1) is 0 Å². The van der Waals surface area contributed by atoms with Gasteiger partial charge in [0, 0.05) is 31.3 Å². The Balaban J connectivity index is 1.63. The Morgan fingerprint density at radius 1 is 1.16 bits per heavy atom. The Bertz CT molecular complexity index is 785. The third-order valence-electron chi connectivity index (χ3n) is 4.21. The molecule has 4 nitrogen and oxygen atoms in total. The third kappa shape index (κ3) is 4.21. The Hall–Kier alpha value is -2.76. The van der Waals surface area contributed by atoms with Crippen LogP contribution in [0.5, 0.6) is 0 Å². The van der Waals surface area contributed by atoms with E-state index in [1.54, 1.807) is 4.90 Å². The Labute approximate surface area is 144 Å². The third-order valence-corrected chi connectivity index (χ3v) is 4.21. The van der Waals surface area contributed by atoms with E-state index in [1.807, 2.05) is 31.2 Å².